The molecule has 1 aromatic rings. The Morgan fingerprint density at radius 1 is 1.20 bits per heavy atom. The zero-order chi connectivity index (χ0) is 21.6. The first kappa shape index (κ1) is 20.8. The van der Waals surface area contributed by atoms with E-state index in [4.69, 9.17) is 0 Å². The van der Waals surface area contributed by atoms with Crippen LogP contribution in [0.25, 0.3) is 0 Å². The summed E-state index contributed by atoms with van der Waals surface area (Å²) >= 11 is 1.40. The predicted octanol–water partition coefficient (Wildman–Crippen LogP) is 1.55. The molecule has 30 heavy (non-hydrogen) atoms. The van der Waals surface area contributed by atoms with E-state index in [1.165, 1.54) is 16.2 Å². The summed E-state index contributed by atoms with van der Waals surface area (Å²) in [7, 11) is 1.63. The molecule has 8 nitrogen and oxygen atoms in total. The second-order valence-corrected chi connectivity index (χ2v) is 9.96. The molecular weight excluding hydrogens is 404 g/mol. The Kier molecular flexibility index (Phi) is 5.57. The zero-order valence-corrected chi connectivity index (χ0v) is 18.5. The second-order valence-electron chi connectivity index (χ2n) is 8.86. The fourth-order valence-corrected chi connectivity index (χ4v) is 5.81. The maximum Gasteiger partial charge on any atom is 0.257 e. The van der Waals surface area contributed by atoms with Crippen molar-refractivity contribution in [1.82, 2.24) is 14.7 Å². The highest BCUT2D eigenvalue weighted by atomic mass is 32.1. The van der Waals surface area contributed by atoms with Gasteiger partial charge in [-0.1, -0.05) is 13.8 Å². The third kappa shape index (κ3) is 3.82. The third-order valence-corrected chi connectivity index (χ3v) is 7.13. The molecule has 162 valence electrons. The number of likely N-dealkylation sites (N-methyl/N-ethyl adjacent to an activating group) is 1. The van der Waals surface area contributed by atoms with Crippen molar-refractivity contribution < 1.29 is 19.2 Å². The first-order valence-electron chi connectivity index (χ1n) is 10.5. The van der Waals surface area contributed by atoms with Crippen LogP contribution in [0.2, 0.25) is 0 Å². The Morgan fingerprint density at radius 3 is 2.70 bits per heavy atom. The van der Waals surface area contributed by atoms with E-state index in [1.54, 1.807) is 7.05 Å². The molecule has 1 N–H and O–H groups in total. The lowest BCUT2D eigenvalue weighted by atomic mass is 9.94. The van der Waals surface area contributed by atoms with Gasteiger partial charge in [-0.25, -0.2) is 0 Å². The smallest absolute Gasteiger partial charge is 0.257 e. The van der Waals surface area contributed by atoms with Gasteiger partial charge in [0.05, 0.1) is 24.6 Å². The Labute approximate surface area is 180 Å². The van der Waals surface area contributed by atoms with E-state index in [1.807, 2.05) is 9.80 Å². The number of likely N-dealkylation sites (tertiary alicyclic amines) is 1. The van der Waals surface area contributed by atoms with Crippen LogP contribution in [0, 0.1) is 11.8 Å². The normalized spacial score (nSPS) is 22.1. The quantitative estimate of drug-likeness (QED) is 0.785. The number of carbonyl (C=O) groups excluding carboxylic acids is 4. The van der Waals surface area contributed by atoms with Gasteiger partial charge in [-0.2, -0.15) is 0 Å². The van der Waals surface area contributed by atoms with Gasteiger partial charge in [-0.15, -0.1) is 11.3 Å². The monoisotopic (exact) mass is 432 g/mol. The Morgan fingerprint density at radius 2 is 1.97 bits per heavy atom. The molecular formula is C21H28N4O4S. The maximum atomic E-state index is 13.2. The molecule has 0 aliphatic carbocycles. The number of anilines is 1. The molecule has 0 bridgehead atoms. The number of amides is 4. The molecule has 4 rings (SSSR count). The number of nitrogens with zero attached hydrogens (tertiary/aromatic N) is 3. The van der Waals surface area contributed by atoms with Crippen LogP contribution < -0.4 is 5.32 Å². The summed E-state index contributed by atoms with van der Waals surface area (Å²) in [6.07, 6.45) is 1.61. The van der Waals surface area contributed by atoms with Crippen LogP contribution >= 0.6 is 11.3 Å². The summed E-state index contributed by atoms with van der Waals surface area (Å²) < 4.78 is 0. The minimum atomic E-state index is -0.201. The molecule has 4 amide bonds. The minimum Gasteiger partial charge on any atom is -0.342 e. The number of piperidine rings is 1. The Bertz CT molecular complexity index is 909. The van der Waals surface area contributed by atoms with Gasteiger partial charge >= 0.3 is 0 Å². The highest BCUT2D eigenvalue weighted by Crippen LogP contribution is 2.39. The van der Waals surface area contributed by atoms with Crippen molar-refractivity contribution in [2.24, 2.45) is 11.8 Å². The fourth-order valence-electron chi connectivity index (χ4n) is 4.54. The number of nitrogens with one attached hydrogen (secondary N) is 1. The molecule has 0 aromatic carbocycles. The standard InChI is InChI=1S/C21H28N4O4S/c1-12(2)8-25-9-13(4-5-17(25)27)20(28)24-7-6-14-15(10-24)30-19-18(14)21(29)23(3)11-16(26)22-19/h12-13H,4-11H2,1-3H3,(H,22,26). The number of carbonyl (C=O) groups is 4. The van der Waals surface area contributed by atoms with E-state index in [0.717, 1.165) is 10.4 Å². The van der Waals surface area contributed by atoms with Gasteiger partial charge in [0, 0.05) is 38.0 Å². The van der Waals surface area contributed by atoms with Crippen LogP contribution in [0.3, 0.4) is 0 Å². The molecule has 1 fully saturated rings. The van der Waals surface area contributed by atoms with Gasteiger partial charge in [-0.3, -0.25) is 19.2 Å². The summed E-state index contributed by atoms with van der Waals surface area (Å²) in [5.74, 6) is 0.0667. The van der Waals surface area contributed by atoms with Gasteiger partial charge in [0.2, 0.25) is 17.7 Å². The molecule has 0 saturated carbocycles. The summed E-state index contributed by atoms with van der Waals surface area (Å²) in [6, 6.07) is 0. The van der Waals surface area contributed by atoms with E-state index >= 15 is 0 Å². The number of fused-ring (bicyclic) bond motifs is 3. The van der Waals surface area contributed by atoms with Crippen LogP contribution in [-0.4, -0.2) is 71.6 Å². The lowest BCUT2D eigenvalue weighted by molar-refractivity contribution is -0.144. The average molecular weight is 433 g/mol. The first-order valence-corrected chi connectivity index (χ1v) is 11.3. The van der Waals surface area contributed by atoms with Gasteiger partial charge in [0.25, 0.3) is 5.91 Å². The summed E-state index contributed by atoms with van der Waals surface area (Å²) in [5.41, 5.74) is 1.54. The van der Waals surface area contributed by atoms with Crippen molar-refractivity contribution in [1.29, 1.82) is 0 Å². The first-order chi connectivity index (χ1) is 14.2. The SMILES string of the molecule is CC(C)CN1CC(C(=O)N2CCc3c(sc4c3C(=O)N(C)CC(=O)N4)C2)CCC1=O. The van der Waals surface area contributed by atoms with Gasteiger partial charge < -0.3 is 20.0 Å². The molecule has 1 unspecified atom stereocenters. The van der Waals surface area contributed by atoms with E-state index in [9.17, 15) is 19.2 Å². The van der Waals surface area contributed by atoms with Crippen LogP contribution in [0.15, 0.2) is 0 Å². The highest BCUT2D eigenvalue weighted by Gasteiger charge is 2.37. The van der Waals surface area contributed by atoms with E-state index < -0.39 is 0 Å². The van der Waals surface area contributed by atoms with E-state index in [-0.39, 0.29) is 36.1 Å². The molecule has 3 aliphatic heterocycles. The largest absolute Gasteiger partial charge is 0.342 e. The highest BCUT2D eigenvalue weighted by molar-refractivity contribution is 7.17. The maximum absolute atomic E-state index is 13.2. The molecule has 1 saturated heterocycles. The minimum absolute atomic E-state index is 0.0485. The van der Waals surface area contributed by atoms with Crippen LogP contribution in [0.1, 0.15) is 47.5 Å². The van der Waals surface area contributed by atoms with Gasteiger partial charge in [0.1, 0.15) is 5.00 Å². The van der Waals surface area contributed by atoms with Gasteiger partial charge in [-0.05, 0) is 24.3 Å². The molecule has 4 heterocycles. The Balaban J connectivity index is 1.50. The summed E-state index contributed by atoms with van der Waals surface area (Å²) in [5, 5.41) is 3.44. The lowest BCUT2D eigenvalue weighted by Crippen LogP contribution is -2.48. The van der Waals surface area contributed by atoms with Crippen molar-refractivity contribution >= 4 is 40.0 Å². The van der Waals surface area contributed by atoms with Crippen LogP contribution in [-0.2, 0) is 27.3 Å². The topological polar surface area (TPSA) is 90.0 Å². The van der Waals surface area contributed by atoms with Crippen molar-refractivity contribution in [3.8, 4) is 0 Å². The average Bonchev–Trinajstić information content (AvgIpc) is 2.99. The molecule has 1 aromatic heterocycles. The number of rotatable bonds is 3. The number of hydrogen-bond donors (Lipinski definition) is 1. The van der Waals surface area contributed by atoms with E-state index in [2.05, 4.69) is 19.2 Å². The molecule has 0 radical (unpaired) electrons. The van der Waals surface area contributed by atoms with Crippen LogP contribution in [0.5, 0.6) is 0 Å². The fraction of sp³-hybridized carbons (Fsp3) is 0.619. The summed E-state index contributed by atoms with van der Waals surface area (Å²) in [4.78, 5) is 56.3. The van der Waals surface area contributed by atoms with Gasteiger partial charge in [0.15, 0.2) is 0 Å². The number of thiophene rings is 1. The van der Waals surface area contributed by atoms with Crippen molar-refractivity contribution in [2.45, 2.75) is 39.7 Å². The molecule has 1 atom stereocenters. The van der Waals surface area contributed by atoms with E-state index in [0.29, 0.717) is 61.9 Å². The second kappa shape index (κ2) is 8.02. The summed E-state index contributed by atoms with van der Waals surface area (Å²) in [6.45, 7) is 6.36. The third-order valence-electron chi connectivity index (χ3n) is 6.00. The van der Waals surface area contributed by atoms with Crippen molar-refractivity contribution in [2.75, 3.05) is 38.5 Å². The Hall–Kier alpha value is -2.42. The van der Waals surface area contributed by atoms with Crippen molar-refractivity contribution in [3.63, 3.8) is 0 Å². The molecule has 3 aliphatic rings. The molecule has 0 spiro atoms. The zero-order valence-electron chi connectivity index (χ0n) is 17.7. The number of hydrogen-bond acceptors (Lipinski definition) is 5. The molecule has 9 heteroatoms. The van der Waals surface area contributed by atoms with Crippen molar-refractivity contribution in [3.05, 3.63) is 16.0 Å². The van der Waals surface area contributed by atoms with Crippen LogP contribution in [0.4, 0.5) is 5.00 Å². The predicted molar refractivity (Wildman–Crippen MR) is 113 cm³/mol. The lowest BCUT2D eigenvalue weighted by Gasteiger charge is -2.36.